The van der Waals surface area contributed by atoms with Gasteiger partial charge in [0.15, 0.2) is 0 Å². The molecule has 0 aromatic heterocycles. The third-order valence-electron chi connectivity index (χ3n) is 4.54. The van der Waals surface area contributed by atoms with Gasteiger partial charge in [0.25, 0.3) is 0 Å². The monoisotopic (exact) mass is 229 g/mol. The Bertz CT molecular complexity index is 381. The van der Waals surface area contributed by atoms with E-state index in [1.807, 2.05) is 0 Å². The second kappa shape index (κ2) is 4.81. The molecule has 1 fully saturated rings. The van der Waals surface area contributed by atoms with Crippen LogP contribution in [0.15, 0.2) is 24.3 Å². The Morgan fingerprint density at radius 1 is 1.18 bits per heavy atom. The van der Waals surface area contributed by atoms with Crippen molar-refractivity contribution in [2.24, 2.45) is 11.7 Å². The van der Waals surface area contributed by atoms with Crippen LogP contribution in [0, 0.1) is 5.92 Å². The fourth-order valence-electron chi connectivity index (χ4n) is 3.27. The molecule has 0 radical (unpaired) electrons. The minimum absolute atomic E-state index is 0.386. The minimum Gasteiger partial charge on any atom is -0.327 e. The average Bonchev–Trinajstić information content (AvgIpc) is 3.19. The number of rotatable bonds is 4. The molecule has 0 aliphatic heterocycles. The van der Waals surface area contributed by atoms with E-state index in [2.05, 4.69) is 24.3 Å². The van der Waals surface area contributed by atoms with E-state index in [-0.39, 0.29) is 0 Å². The normalized spacial score (nSPS) is 25.4. The van der Waals surface area contributed by atoms with E-state index in [0.717, 1.165) is 5.92 Å². The maximum absolute atomic E-state index is 6.44. The van der Waals surface area contributed by atoms with Gasteiger partial charge in [-0.05, 0) is 55.1 Å². The first-order valence-electron chi connectivity index (χ1n) is 7.18. The lowest BCUT2D eigenvalue weighted by molar-refractivity contribution is 0.425. The topological polar surface area (TPSA) is 26.0 Å². The molecular formula is C16H23N. The van der Waals surface area contributed by atoms with Crippen molar-refractivity contribution in [2.45, 2.75) is 56.9 Å². The van der Waals surface area contributed by atoms with E-state index in [9.17, 15) is 0 Å². The fourth-order valence-corrected chi connectivity index (χ4v) is 3.27. The van der Waals surface area contributed by atoms with Gasteiger partial charge in [0.2, 0.25) is 0 Å². The summed E-state index contributed by atoms with van der Waals surface area (Å²) in [6.45, 7) is 0. The van der Waals surface area contributed by atoms with Crippen molar-refractivity contribution in [3.05, 3.63) is 35.4 Å². The Morgan fingerprint density at radius 2 is 2.00 bits per heavy atom. The summed E-state index contributed by atoms with van der Waals surface area (Å²) in [5.74, 6) is 1.64. The Morgan fingerprint density at radius 3 is 2.82 bits per heavy atom. The van der Waals surface area contributed by atoms with Gasteiger partial charge in [0, 0.05) is 6.04 Å². The molecule has 0 saturated heterocycles. The summed E-state index contributed by atoms with van der Waals surface area (Å²) in [5.41, 5.74) is 9.53. The standard InChI is InChI=1S/C16H23N/c17-16(11-10-12-8-9-12)15-7-3-5-13-4-1-2-6-14(13)15/h1-2,4,6,12,15-16H,3,5,7-11,17H2. The molecule has 17 heavy (non-hydrogen) atoms. The summed E-state index contributed by atoms with van der Waals surface area (Å²) in [7, 11) is 0. The molecule has 2 aliphatic carbocycles. The maximum atomic E-state index is 6.44. The summed E-state index contributed by atoms with van der Waals surface area (Å²) in [6, 6.07) is 9.31. The van der Waals surface area contributed by atoms with Crippen LogP contribution in [0.2, 0.25) is 0 Å². The Balaban J connectivity index is 1.69. The van der Waals surface area contributed by atoms with Crippen molar-refractivity contribution in [3.63, 3.8) is 0 Å². The predicted molar refractivity (Wildman–Crippen MR) is 72.1 cm³/mol. The summed E-state index contributed by atoms with van der Waals surface area (Å²) in [4.78, 5) is 0. The molecule has 1 aromatic carbocycles. The Kier molecular flexibility index (Phi) is 3.19. The summed E-state index contributed by atoms with van der Waals surface area (Å²) in [5, 5.41) is 0. The zero-order valence-corrected chi connectivity index (χ0v) is 10.6. The Hall–Kier alpha value is -0.820. The van der Waals surface area contributed by atoms with E-state index in [0.29, 0.717) is 12.0 Å². The zero-order valence-electron chi connectivity index (χ0n) is 10.6. The first-order chi connectivity index (χ1) is 8.34. The predicted octanol–water partition coefficient (Wildman–Crippen LogP) is 3.62. The minimum atomic E-state index is 0.386. The lowest BCUT2D eigenvalue weighted by atomic mass is 9.78. The van der Waals surface area contributed by atoms with Crippen LogP contribution in [0.1, 0.15) is 55.6 Å². The van der Waals surface area contributed by atoms with Gasteiger partial charge in [-0.25, -0.2) is 0 Å². The van der Waals surface area contributed by atoms with Gasteiger partial charge < -0.3 is 5.73 Å². The molecule has 1 heteroatoms. The maximum Gasteiger partial charge on any atom is 0.0108 e. The summed E-state index contributed by atoms with van der Waals surface area (Å²) < 4.78 is 0. The molecule has 1 nitrogen and oxygen atoms in total. The summed E-state index contributed by atoms with van der Waals surface area (Å²) >= 11 is 0. The van der Waals surface area contributed by atoms with E-state index >= 15 is 0 Å². The highest BCUT2D eigenvalue weighted by Crippen LogP contribution is 2.38. The molecule has 0 spiro atoms. The highest BCUT2D eigenvalue weighted by molar-refractivity contribution is 5.33. The van der Waals surface area contributed by atoms with Gasteiger partial charge in [-0.15, -0.1) is 0 Å². The van der Waals surface area contributed by atoms with Crippen LogP contribution in [-0.2, 0) is 6.42 Å². The molecule has 0 bridgehead atoms. The molecule has 92 valence electrons. The van der Waals surface area contributed by atoms with E-state index in [1.54, 1.807) is 11.1 Å². The van der Waals surface area contributed by atoms with Crippen LogP contribution >= 0.6 is 0 Å². The first kappa shape index (κ1) is 11.3. The SMILES string of the molecule is NC(CCC1CC1)C1CCCc2ccccc21. The molecule has 0 amide bonds. The summed E-state index contributed by atoms with van der Waals surface area (Å²) in [6.07, 6.45) is 9.36. The second-order valence-corrected chi connectivity index (χ2v) is 5.88. The first-order valence-corrected chi connectivity index (χ1v) is 7.18. The third-order valence-corrected chi connectivity index (χ3v) is 4.54. The van der Waals surface area contributed by atoms with Crippen molar-refractivity contribution in [3.8, 4) is 0 Å². The zero-order chi connectivity index (χ0) is 11.7. The number of hydrogen-bond donors (Lipinski definition) is 1. The van der Waals surface area contributed by atoms with Crippen LogP contribution in [0.5, 0.6) is 0 Å². The number of hydrogen-bond acceptors (Lipinski definition) is 1. The van der Waals surface area contributed by atoms with Gasteiger partial charge in [-0.3, -0.25) is 0 Å². The number of aryl methyl sites for hydroxylation is 1. The van der Waals surface area contributed by atoms with Crippen LogP contribution in [0.4, 0.5) is 0 Å². The number of benzene rings is 1. The lowest BCUT2D eigenvalue weighted by Gasteiger charge is -2.30. The van der Waals surface area contributed by atoms with Gasteiger partial charge in [-0.2, -0.15) is 0 Å². The Labute approximate surface area is 104 Å². The highest BCUT2D eigenvalue weighted by Gasteiger charge is 2.27. The van der Waals surface area contributed by atoms with Crippen LogP contribution < -0.4 is 5.73 Å². The largest absolute Gasteiger partial charge is 0.327 e. The van der Waals surface area contributed by atoms with E-state index in [4.69, 9.17) is 5.73 Å². The molecule has 2 N–H and O–H groups in total. The van der Waals surface area contributed by atoms with Gasteiger partial charge >= 0.3 is 0 Å². The van der Waals surface area contributed by atoms with Gasteiger partial charge in [0.05, 0.1) is 0 Å². The van der Waals surface area contributed by atoms with Crippen LogP contribution in [0.3, 0.4) is 0 Å². The molecule has 1 saturated carbocycles. The van der Waals surface area contributed by atoms with Crippen molar-refractivity contribution >= 4 is 0 Å². The second-order valence-electron chi connectivity index (χ2n) is 5.88. The van der Waals surface area contributed by atoms with Crippen molar-refractivity contribution in [1.82, 2.24) is 0 Å². The number of nitrogens with two attached hydrogens (primary N) is 1. The smallest absolute Gasteiger partial charge is 0.0108 e. The van der Waals surface area contributed by atoms with Crippen molar-refractivity contribution in [1.29, 1.82) is 0 Å². The molecule has 2 atom stereocenters. The molecule has 0 heterocycles. The quantitative estimate of drug-likeness (QED) is 0.838. The van der Waals surface area contributed by atoms with Gasteiger partial charge in [0.1, 0.15) is 0 Å². The molecule has 2 unspecified atom stereocenters. The van der Waals surface area contributed by atoms with Gasteiger partial charge in [-0.1, -0.05) is 37.1 Å². The highest BCUT2D eigenvalue weighted by atomic mass is 14.7. The van der Waals surface area contributed by atoms with E-state index in [1.165, 1.54) is 44.9 Å². The van der Waals surface area contributed by atoms with Crippen LogP contribution in [-0.4, -0.2) is 6.04 Å². The van der Waals surface area contributed by atoms with E-state index < -0.39 is 0 Å². The van der Waals surface area contributed by atoms with Crippen LogP contribution in [0.25, 0.3) is 0 Å². The van der Waals surface area contributed by atoms with Crippen molar-refractivity contribution in [2.75, 3.05) is 0 Å². The number of fused-ring (bicyclic) bond motifs is 1. The third kappa shape index (κ3) is 2.55. The molecular weight excluding hydrogens is 206 g/mol. The fraction of sp³-hybridized carbons (Fsp3) is 0.625. The molecule has 3 rings (SSSR count). The average molecular weight is 229 g/mol. The molecule has 1 aromatic rings. The lowest BCUT2D eigenvalue weighted by Crippen LogP contribution is -2.31. The molecule has 2 aliphatic rings. The van der Waals surface area contributed by atoms with Crippen molar-refractivity contribution < 1.29 is 0 Å².